The molecule has 12 rings (SSSR count). The molecule has 0 radical (unpaired) electrons. The van der Waals surface area contributed by atoms with E-state index in [1.54, 1.807) is 0 Å². The zero-order chi connectivity index (χ0) is 37.5. The van der Waals surface area contributed by atoms with Gasteiger partial charge < -0.3 is 13.7 Å². The molecule has 0 aliphatic carbocycles. The Bertz CT molecular complexity index is 3530. The van der Waals surface area contributed by atoms with E-state index in [0.717, 1.165) is 82.8 Å². The molecule has 0 aliphatic rings. The monoisotopic (exact) mass is 727 g/mol. The Morgan fingerprint density at radius 3 is 1.79 bits per heavy atom. The van der Waals surface area contributed by atoms with E-state index in [1.807, 2.05) is 6.07 Å². The van der Waals surface area contributed by atoms with Crippen molar-refractivity contribution in [1.82, 2.24) is 0 Å². The normalized spacial score (nSPS) is 11.9. The van der Waals surface area contributed by atoms with Crippen LogP contribution in [0.2, 0.25) is 0 Å². The van der Waals surface area contributed by atoms with E-state index in [0.29, 0.717) is 0 Å². The number of rotatable bonds is 5. The Hall–Kier alpha value is -7.62. The van der Waals surface area contributed by atoms with Gasteiger partial charge in [-0.05, 0) is 98.2 Å². The van der Waals surface area contributed by atoms with Crippen molar-refractivity contribution >= 4 is 93.3 Å². The second-order valence-electron chi connectivity index (χ2n) is 14.8. The third-order valence-corrected chi connectivity index (χ3v) is 11.6. The van der Waals surface area contributed by atoms with Crippen LogP contribution in [-0.4, -0.2) is 0 Å². The minimum absolute atomic E-state index is 0.852. The van der Waals surface area contributed by atoms with Gasteiger partial charge in [-0.3, -0.25) is 0 Å². The predicted octanol–water partition coefficient (Wildman–Crippen LogP) is 15.7. The summed E-state index contributed by atoms with van der Waals surface area (Å²) in [6.45, 7) is 0. The van der Waals surface area contributed by atoms with Crippen LogP contribution in [-0.2, 0) is 0 Å². The lowest BCUT2D eigenvalue weighted by Gasteiger charge is -2.29. The van der Waals surface area contributed by atoms with Gasteiger partial charge in [0.2, 0.25) is 0 Å². The van der Waals surface area contributed by atoms with Crippen LogP contribution in [0.4, 0.5) is 17.1 Å². The average Bonchev–Trinajstić information content (AvgIpc) is 3.86. The first kappa shape index (κ1) is 31.7. The Labute approximate surface area is 328 Å². The average molecular weight is 728 g/mol. The van der Waals surface area contributed by atoms with E-state index in [-0.39, 0.29) is 0 Å². The molecule has 0 amide bonds. The summed E-state index contributed by atoms with van der Waals surface area (Å²) in [5, 5.41) is 11.7. The van der Waals surface area contributed by atoms with E-state index in [1.165, 1.54) is 32.7 Å². The van der Waals surface area contributed by atoms with Crippen LogP contribution in [0.25, 0.3) is 98.4 Å². The largest absolute Gasteiger partial charge is 0.456 e. The highest BCUT2D eigenvalue weighted by atomic mass is 16.3. The molecule has 0 N–H and O–H groups in total. The molecular weight excluding hydrogens is 695 g/mol. The maximum atomic E-state index is 6.68. The number of benzene rings is 10. The number of furan rings is 2. The molecule has 0 aliphatic heterocycles. The van der Waals surface area contributed by atoms with E-state index in [2.05, 4.69) is 199 Å². The molecule has 12 aromatic rings. The van der Waals surface area contributed by atoms with Gasteiger partial charge in [-0.2, -0.15) is 0 Å². The quantitative estimate of drug-likeness (QED) is 0.165. The Morgan fingerprint density at radius 1 is 0.316 bits per heavy atom. The van der Waals surface area contributed by atoms with Crippen molar-refractivity contribution in [2.45, 2.75) is 0 Å². The van der Waals surface area contributed by atoms with E-state index in [4.69, 9.17) is 8.83 Å². The van der Waals surface area contributed by atoms with Gasteiger partial charge >= 0.3 is 0 Å². The third kappa shape index (κ3) is 4.86. The predicted molar refractivity (Wildman–Crippen MR) is 239 cm³/mol. The molecule has 0 spiro atoms. The Morgan fingerprint density at radius 2 is 0.930 bits per heavy atom. The second-order valence-corrected chi connectivity index (χ2v) is 14.8. The number of fused-ring (bicyclic) bond motifs is 11. The molecule has 0 saturated carbocycles. The van der Waals surface area contributed by atoms with Gasteiger partial charge in [-0.1, -0.05) is 146 Å². The Kier molecular flexibility index (Phi) is 6.93. The van der Waals surface area contributed by atoms with Crippen molar-refractivity contribution in [1.29, 1.82) is 0 Å². The first-order chi connectivity index (χ1) is 28.3. The van der Waals surface area contributed by atoms with Crippen LogP contribution >= 0.6 is 0 Å². The van der Waals surface area contributed by atoms with E-state index in [9.17, 15) is 0 Å². The van der Waals surface area contributed by atoms with Crippen molar-refractivity contribution in [3.8, 4) is 22.3 Å². The van der Waals surface area contributed by atoms with Crippen molar-refractivity contribution in [2.24, 2.45) is 0 Å². The SMILES string of the molecule is c1ccc(N(c2ccc(-c3cc4ccccc4c4ccccc34)cc2)c2cccc3oc4ccccc4c23)c(-c2cccc3oc4c5ccccc5ccc4c23)c1. The molecular formula is C54H33NO2. The summed E-state index contributed by atoms with van der Waals surface area (Å²) in [4.78, 5) is 2.40. The summed E-state index contributed by atoms with van der Waals surface area (Å²) in [6.07, 6.45) is 0. The highest BCUT2D eigenvalue weighted by Crippen LogP contribution is 2.48. The fourth-order valence-corrected chi connectivity index (χ4v) is 9.11. The Balaban J connectivity index is 1.10. The van der Waals surface area contributed by atoms with Gasteiger partial charge in [0.1, 0.15) is 22.3 Å². The molecule has 0 fully saturated rings. The number of nitrogens with zero attached hydrogens (tertiary/aromatic N) is 1. The van der Waals surface area contributed by atoms with Gasteiger partial charge in [0.15, 0.2) is 0 Å². The lowest BCUT2D eigenvalue weighted by atomic mass is 9.93. The summed E-state index contributed by atoms with van der Waals surface area (Å²) >= 11 is 0. The highest BCUT2D eigenvalue weighted by Gasteiger charge is 2.24. The van der Waals surface area contributed by atoms with Crippen molar-refractivity contribution in [2.75, 3.05) is 4.90 Å². The smallest absolute Gasteiger partial charge is 0.143 e. The summed E-state index contributed by atoms with van der Waals surface area (Å²) in [7, 11) is 0. The van der Waals surface area contributed by atoms with Crippen molar-refractivity contribution in [3.63, 3.8) is 0 Å². The molecule has 2 aromatic heterocycles. The zero-order valence-corrected chi connectivity index (χ0v) is 30.8. The van der Waals surface area contributed by atoms with Crippen LogP contribution in [0.3, 0.4) is 0 Å². The maximum Gasteiger partial charge on any atom is 0.143 e. The topological polar surface area (TPSA) is 29.5 Å². The number of hydrogen-bond donors (Lipinski definition) is 0. The highest BCUT2D eigenvalue weighted by molar-refractivity contribution is 6.20. The summed E-state index contributed by atoms with van der Waals surface area (Å²) in [5.74, 6) is 0. The van der Waals surface area contributed by atoms with Crippen molar-refractivity contribution in [3.05, 3.63) is 200 Å². The van der Waals surface area contributed by atoms with E-state index < -0.39 is 0 Å². The summed E-state index contributed by atoms with van der Waals surface area (Å²) in [6, 6.07) is 71.5. The first-order valence-corrected chi connectivity index (χ1v) is 19.4. The standard InChI is InChI=1S/C54H33NO2/c1-4-16-39-34(13-1)29-32-45-52-43(21-11-25-50(52)57-54(39)45)42-19-7-9-22-47(42)55(48-23-12-26-51-53(48)44-20-8-10-24-49(44)56-51)37-30-27-35(28-31-37)46-33-36-14-2-3-15-38(36)40-17-5-6-18-41(40)46/h1-33H. The van der Waals surface area contributed by atoms with Crippen LogP contribution in [0, 0.1) is 0 Å². The molecule has 10 aromatic carbocycles. The molecule has 3 heteroatoms. The minimum Gasteiger partial charge on any atom is -0.456 e. The summed E-state index contributed by atoms with van der Waals surface area (Å²) < 4.78 is 13.2. The minimum atomic E-state index is 0.852. The molecule has 2 heterocycles. The number of para-hydroxylation sites is 2. The van der Waals surface area contributed by atoms with Gasteiger partial charge in [0, 0.05) is 32.8 Å². The number of anilines is 3. The van der Waals surface area contributed by atoms with Gasteiger partial charge in [-0.15, -0.1) is 0 Å². The second kappa shape index (κ2) is 12.5. The third-order valence-electron chi connectivity index (χ3n) is 11.6. The van der Waals surface area contributed by atoms with Crippen LogP contribution < -0.4 is 4.90 Å². The number of hydrogen-bond acceptors (Lipinski definition) is 3. The molecule has 0 unspecified atom stereocenters. The van der Waals surface area contributed by atoms with Crippen LogP contribution in [0.5, 0.6) is 0 Å². The van der Waals surface area contributed by atoms with E-state index >= 15 is 0 Å². The fraction of sp³-hybridized carbons (Fsp3) is 0. The zero-order valence-electron chi connectivity index (χ0n) is 30.8. The van der Waals surface area contributed by atoms with Crippen LogP contribution in [0.1, 0.15) is 0 Å². The molecule has 0 saturated heterocycles. The fourth-order valence-electron chi connectivity index (χ4n) is 9.11. The molecule has 57 heavy (non-hydrogen) atoms. The summed E-state index contributed by atoms with van der Waals surface area (Å²) in [5.41, 5.74) is 11.3. The molecule has 266 valence electrons. The molecule has 0 bridgehead atoms. The van der Waals surface area contributed by atoms with Crippen molar-refractivity contribution < 1.29 is 8.83 Å². The van der Waals surface area contributed by atoms with Crippen LogP contribution in [0.15, 0.2) is 209 Å². The maximum absolute atomic E-state index is 6.68. The van der Waals surface area contributed by atoms with Gasteiger partial charge in [-0.25, -0.2) is 0 Å². The first-order valence-electron chi connectivity index (χ1n) is 19.4. The lowest BCUT2D eigenvalue weighted by molar-refractivity contribution is 0.669. The lowest BCUT2D eigenvalue weighted by Crippen LogP contribution is -2.11. The van der Waals surface area contributed by atoms with Gasteiger partial charge in [0.25, 0.3) is 0 Å². The molecule has 3 nitrogen and oxygen atoms in total. The van der Waals surface area contributed by atoms with Gasteiger partial charge in [0.05, 0.1) is 16.8 Å². The molecule has 0 atom stereocenters.